The van der Waals surface area contributed by atoms with E-state index in [1.165, 1.54) is 6.42 Å². The lowest BCUT2D eigenvalue weighted by atomic mass is 10.2. The minimum absolute atomic E-state index is 0.355. The van der Waals surface area contributed by atoms with E-state index in [-0.39, 0.29) is 0 Å². The van der Waals surface area contributed by atoms with Crippen LogP contribution in [0.1, 0.15) is 26.7 Å². The molecule has 0 radical (unpaired) electrons. The first-order valence-corrected chi connectivity index (χ1v) is 5.15. The van der Waals surface area contributed by atoms with Crippen molar-refractivity contribution in [3.8, 4) is 0 Å². The summed E-state index contributed by atoms with van der Waals surface area (Å²) in [7, 11) is 1.97. The van der Waals surface area contributed by atoms with Crippen LogP contribution in [0.2, 0.25) is 0 Å². The van der Waals surface area contributed by atoms with Gasteiger partial charge in [-0.2, -0.15) is 0 Å². The minimum Gasteiger partial charge on any atom is -0.379 e. The van der Waals surface area contributed by atoms with E-state index in [4.69, 9.17) is 9.47 Å². The molecule has 0 fully saturated rings. The fourth-order valence-corrected chi connectivity index (χ4v) is 1.10. The molecular weight excluding hydrogens is 166 g/mol. The summed E-state index contributed by atoms with van der Waals surface area (Å²) in [5, 5.41) is 3.12. The average Bonchev–Trinajstić information content (AvgIpc) is 2.13. The van der Waals surface area contributed by atoms with Gasteiger partial charge in [0.15, 0.2) is 0 Å². The molecule has 1 atom stereocenters. The first kappa shape index (κ1) is 12.9. The van der Waals surface area contributed by atoms with E-state index in [0.29, 0.717) is 19.3 Å². The summed E-state index contributed by atoms with van der Waals surface area (Å²) >= 11 is 0. The highest BCUT2D eigenvalue weighted by molar-refractivity contribution is 4.51. The van der Waals surface area contributed by atoms with Crippen LogP contribution in [0.4, 0.5) is 0 Å². The van der Waals surface area contributed by atoms with Gasteiger partial charge < -0.3 is 14.8 Å². The second-order valence-corrected chi connectivity index (χ2v) is 3.12. The van der Waals surface area contributed by atoms with Crippen LogP contribution in [0.25, 0.3) is 0 Å². The summed E-state index contributed by atoms with van der Waals surface area (Å²) in [5.41, 5.74) is 0. The third kappa shape index (κ3) is 9.80. The van der Waals surface area contributed by atoms with Crippen molar-refractivity contribution in [1.82, 2.24) is 5.32 Å². The maximum atomic E-state index is 5.54. The van der Waals surface area contributed by atoms with Crippen LogP contribution in [0.3, 0.4) is 0 Å². The van der Waals surface area contributed by atoms with E-state index < -0.39 is 0 Å². The van der Waals surface area contributed by atoms with Gasteiger partial charge in [0.05, 0.1) is 19.3 Å². The van der Waals surface area contributed by atoms with Crippen molar-refractivity contribution in [2.24, 2.45) is 0 Å². The van der Waals surface area contributed by atoms with E-state index in [1.807, 2.05) is 14.0 Å². The van der Waals surface area contributed by atoms with Crippen molar-refractivity contribution in [3.63, 3.8) is 0 Å². The van der Waals surface area contributed by atoms with Crippen LogP contribution in [0.15, 0.2) is 0 Å². The van der Waals surface area contributed by atoms with Gasteiger partial charge in [0.1, 0.15) is 0 Å². The van der Waals surface area contributed by atoms with Crippen molar-refractivity contribution in [2.75, 3.05) is 33.4 Å². The molecule has 1 N–H and O–H groups in total. The molecule has 0 spiro atoms. The zero-order valence-corrected chi connectivity index (χ0v) is 9.14. The Kier molecular flexibility index (Phi) is 9.87. The van der Waals surface area contributed by atoms with Crippen molar-refractivity contribution in [2.45, 2.75) is 32.8 Å². The molecule has 0 amide bonds. The molecule has 0 saturated heterocycles. The van der Waals surface area contributed by atoms with Gasteiger partial charge in [-0.15, -0.1) is 0 Å². The predicted molar refractivity (Wildman–Crippen MR) is 55.1 cm³/mol. The second-order valence-electron chi connectivity index (χ2n) is 3.12. The molecule has 0 aromatic carbocycles. The zero-order valence-electron chi connectivity index (χ0n) is 9.14. The Morgan fingerprint density at radius 3 is 2.69 bits per heavy atom. The molecule has 3 nitrogen and oxygen atoms in total. The molecule has 0 aliphatic rings. The van der Waals surface area contributed by atoms with Gasteiger partial charge in [-0.05, 0) is 40.3 Å². The Bertz CT molecular complexity index is 98.9. The van der Waals surface area contributed by atoms with Crippen LogP contribution in [0.5, 0.6) is 0 Å². The normalized spacial score (nSPS) is 13.2. The van der Waals surface area contributed by atoms with Crippen LogP contribution in [-0.2, 0) is 9.47 Å². The summed E-state index contributed by atoms with van der Waals surface area (Å²) < 4.78 is 10.7. The largest absolute Gasteiger partial charge is 0.379 e. The van der Waals surface area contributed by atoms with Crippen molar-refractivity contribution >= 4 is 0 Å². The summed E-state index contributed by atoms with van der Waals surface area (Å²) in [6.07, 6.45) is 2.65. The molecule has 80 valence electrons. The van der Waals surface area contributed by atoms with Crippen molar-refractivity contribution in [3.05, 3.63) is 0 Å². The second kappa shape index (κ2) is 9.96. The van der Waals surface area contributed by atoms with E-state index in [0.717, 1.165) is 19.6 Å². The summed E-state index contributed by atoms with van der Waals surface area (Å²) in [5.74, 6) is 0. The highest BCUT2D eigenvalue weighted by atomic mass is 16.5. The topological polar surface area (TPSA) is 30.5 Å². The van der Waals surface area contributed by atoms with E-state index >= 15 is 0 Å². The van der Waals surface area contributed by atoms with Crippen LogP contribution in [-0.4, -0.2) is 39.5 Å². The average molecular weight is 189 g/mol. The Morgan fingerprint density at radius 1 is 1.31 bits per heavy atom. The minimum atomic E-state index is 0.355. The highest BCUT2D eigenvalue weighted by Crippen LogP contribution is 2.00. The number of nitrogens with one attached hydrogen (secondary N) is 1. The first-order valence-electron chi connectivity index (χ1n) is 5.15. The molecule has 0 bridgehead atoms. The smallest absolute Gasteiger partial charge is 0.0704 e. The zero-order chi connectivity index (χ0) is 9.94. The third-order valence-electron chi connectivity index (χ3n) is 1.87. The highest BCUT2D eigenvalue weighted by Gasteiger charge is 2.00. The first-order chi connectivity index (χ1) is 6.31. The molecular formula is C10H23NO2. The van der Waals surface area contributed by atoms with Gasteiger partial charge in [0.25, 0.3) is 0 Å². The monoisotopic (exact) mass is 189 g/mol. The van der Waals surface area contributed by atoms with E-state index in [9.17, 15) is 0 Å². The van der Waals surface area contributed by atoms with E-state index in [2.05, 4.69) is 12.2 Å². The number of ether oxygens (including phenoxy) is 2. The number of hydrogen-bond acceptors (Lipinski definition) is 3. The van der Waals surface area contributed by atoms with Gasteiger partial charge in [0, 0.05) is 6.61 Å². The molecule has 0 aromatic rings. The van der Waals surface area contributed by atoms with Crippen LogP contribution >= 0.6 is 0 Å². The van der Waals surface area contributed by atoms with Crippen LogP contribution < -0.4 is 5.32 Å². The fraction of sp³-hybridized carbons (Fsp3) is 1.00. The lowest BCUT2D eigenvalue weighted by Gasteiger charge is -2.12. The third-order valence-corrected chi connectivity index (χ3v) is 1.87. The van der Waals surface area contributed by atoms with Crippen LogP contribution in [0, 0.1) is 0 Å². The summed E-state index contributed by atoms with van der Waals surface area (Å²) in [4.78, 5) is 0. The molecule has 0 heterocycles. The maximum absolute atomic E-state index is 5.54. The quantitative estimate of drug-likeness (QED) is 0.557. The molecule has 0 aromatic heterocycles. The number of rotatable bonds is 9. The summed E-state index contributed by atoms with van der Waals surface area (Å²) in [6, 6.07) is 0. The Hall–Kier alpha value is -0.120. The van der Waals surface area contributed by atoms with Gasteiger partial charge in [-0.3, -0.25) is 0 Å². The fourth-order valence-electron chi connectivity index (χ4n) is 1.10. The van der Waals surface area contributed by atoms with Gasteiger partial charge in [-0.25, -0.2) is 0 Å². The molecule has 13 heavy (non-hydrogen) atoms. The Labute approximate surface area is 81.8 Å². The maximum Gasteiger partial charge on any atom is 0.0704 e. The van der Waals surface area contributed by atoms with Crippen molar-refractivity contribution < 1.29 is 9.47 Å². The lowest BCUT2D eigenvalue weighted by molar-refractivity contribution is 0.0116. The molecule has 0 aliphatic heterocycles. The van der Waals surface area contributed by atoms with Gasteiger partial charge in [0.2, 0.25) is 0 Å². The molecule has 0 saturated carbocycles. The van der Waals surface area contributed by atoms with Gasteiger partial charge >= 0.3 is 0 Å². The Morgan fingerprint density at radius 2 is 2.08 bits per heavy atom. The van der Waals surface area contributed by atoms with Gasteiger partial charge in [-0.1, -0.05) is 0 Å². The molecule has 3 heteroatoms. The SMILES string of the molecule is CCOCCOC(C)CCCNC. The lowest BCUT2D eigenvalue weighted by Crippen LogP contribution is -2.15. The van der Waals surface area contributed by atoms with E-state index in [1.54, 1.807) is 0 Å². The van der Waals surface area contributed by atoms with Crippen molar-refractivity contribution in [1.29, 1.82) is 0 Å². The summed E-state index contributed by atoms with van der Waals surface area (Å²) in [6.45, 7) is 7.38. The molecule has 1 unspecified atom stereocenters. The molecule has 0 aliphatic carbocycles. The molecule has 0 rings (SSSR count). The number of hydrogen-bond donors (Lipinski definition) is 1. The standard InChI is InChI=1S/C10H23NO2/c1-4-12-8-9-13-10(2)6-5-7-11-3/h10-11H,4-9H2,1-3H3. The predicted octanol–water partition coefficient (Wildman–Crippen LogP) is 1.43. The Balaban J connectivity index is 3.05.